The predicted octanol–water partition coefficient (Wildman–Crippen LogP) is 5.62. The molecule has 6 heteroatoms. The molecule has 0 radical (unpaired) electrons. The third-order valence-corrected chi connectivity index (χ3v) is 5.56. The smallest absolute Gasteiger partial charge is 0.268 e. The van der Waals surface area contributed by atoms with Crippen molar-refractivity contribution in [2.24, 2.45) is 0 Å². The van der Waals surface area contributed by atoms with Gasteiger partial charge in [0.1, 0.15) is 0 Å². The molecule has 0 aliphatic carbocycles. The zero-order chi connectivity index (χ0) is 15.7. The van der Waals surface area contributed by atoms with Crippen LogP contribution in [0.25, 0.3) is 6.08 Å². The average molecular weight is 455 g/mol. The van der Waals surface area contributed by atoms with Gasteiger partial charge in [-0.25, -0.2) is 0 Å². The SMILES string of the molecule is O=C1/C(=C\c2ccc(Br)cc2)SC(=S)N1c1ccccc1Br. The van der Waals surface area contributed by atoms with Crippen LogP contribution in [0.3, 0.4) is 0 Å². The molecule has 1 amide bonds. The van der Waals surface area contributed by atoms with Crippen LogP contribution in [0.2, 0.25) is 0 Å². The van der Waals surface area contributed by atoms with E-state index < -0.39 is 0 Å². The molecule has 1 fully saturated rings. The van der Waals surface area contributed by atoms with Gasteiger partial charge in [-0.1, -0.05) is 64.2 Å². The van der Waals surface area contributed by atoms with Crippen LogP contribution in [-0.4, -0.2) is 10.2 Å². The number of carbonyl (C=O) groups is 1. The van der Waals surface area contributed by atoms with E-state index in [0.29, 0.717) is 9.23 Å². The fraction of sp³-hybridized carbons (Fsp3) is 0. The van der Waals surface area contributed by atoms with Crippen LogP contribution in [0.1, 0.15) is 5.56 Å². The molecule has 2 aromatic rings. The molecule has 0 atom stereocenters. The maximum Gasteiger partial charge on any atom is 0.270 e. The molecule has 0 N–H and O–H groups in total. The number of amides is 1. The maximum atomic E-state index is 12.7. The topological polar surface area (TPSA) is 20.3 Å². The number of anilines is 1. The van der Waals surface area contributed by atoms with Crippen molar-refractivity contribution in [3.63, 3.8) is 0 Å². The van der Waals surface area contributed by atoms with Crippen molar-refractivity contribution in [2.45, 2.75) is 0 Å². The maximum absolute atomic E-state index is 12.7. The van der Waals surface area contributed by atoms with Crippen molar-refractivity contribution < 1.29 is 4.79 Å². The van der Waals surface area contributed by atoms with Crippen molar-refractivity contribution >= 4 is 77.8 Å². The number of thioether (sulfide) groups is 1. The van der Waals surface area contributed by atoms with E-state index in [-0.39, 0.29) is 5.91 Å². The number of carbonyl (C=O) groups excluding carboxylic acids is 1. The van der Waals surface area contributed by atoms with E-state index >= 15 is 0 Å². The quantitative estimate of drug-likeness (QED) is 0.434. The van der Waals surface area contributed by atoms with Crippen molar-refractivity contribution in [2.75, 3.05) is 4.90 Å². The minimum Gasteiger partial charge on any atom is -0.268 e. The summed E-state index contributed by atoms with van der Waals surface area (Å²) in [5.74, 6) is -0.0928. The van der Waals surface area contributed by atoms with Gasteiger partial charge in [-0.15, -0.1) is 0 Å². The molecular weight excluding hydrogens is 446 g/mol. The van der Waals surface area contributed by atoms with E-state index in [9.17, 15) is 4.79 Å². The summed E-state index contributed by atoms with van der Waals surface area (Å²) in [6.45, 7) is 0. The Morgan fingerprint density at radius 3 is 2.41 bits per heavy atom. The lowest BCUT2D eigenvalue weighted by Gasteiger charge is -2.15. The highest BCUT2D eigenvalue weighted by molar-refractivity contribution is 9.10. The largest absolute Gasteiger partial charge is 0.270 e. The molecule has 0 unspecified atom stereocenters. The van der Waals surface area contributed by atoms with Crippen LogP contribution in [0.4, 0.5) is 5.69 Å². The summed E-state index contributed by atoms with van der Waals surface area (Å²) in [4.78, 5) is 14.9. The number of nitrogens with zero attached hydrogens (tertiary/aromatic N) is 1. The van der Waals surface area contributed by atoms with Gasteiger partial charge in [0.2, 0.25) is 0 Å². The van der Waals surface area contributed by atoms with Gasteiger partial charge >= 0.3 is 0 Å². The van der Waals surface area contributed by atoms with E-state index in [4.69, 9.17) is 12.2 Å². The zero-order valence-electron chi connectivity index (χ0n) is 11.1. The summed E-state index contributed by atoms with van der Waals surface area (Å²) in [5.41, 5.74) is 1.74. The number of hydrogen-bond donors (Lipinski definition) is 0. The highest BCUT2D eigenvalue weighted by atomic mass is 79.9. The van der Waals surface area contributed by atoms with Crippen LogP contribution < -0.4 is 4.90 Å². The molecule has 3 rings (SSSR count). The van der Waals surface area contributed by atoms with Gasteiger partial charge < -0.3 is 0 Å². The van der Waals surface area contributed by atoms with Crippen LogP contribution in [-0.2, 0) is 4.79 Å². The van der Waals surface area contributed by atoms with Crippen LogP contribution in [0.15, 0.2) is 62.4 Å². The van der Waals surface area contributed by atoms with Crippen LogP contribution in [0.5, 0.6) is 0 Å². The second-order valence-corrected chi connectivity index (χ2v) is 7.97. The van der Waals surface area contributed by atoms with Gasteiger partial charge in [0.15, 0.2) is 4.32 Å². The lowest BCUT2D eigenvalue weighted by atomic mass is 10.2. The molecule has 0 bridgehead atoms. The van der Waals surface area contributed by atoms with Crippen LogP contribution in [0, 0.1) is 0 Å². The lowest BCUT2D eigenvalue weighted by Crippen LogP contribution is -2.27. The fourth-order valence-corrected chi connectivity index (χ4v) is 4.03. The van der Waals surface area contributed by atoms with Crippen molar-refractivity contribution in [3.05, 3.63) is 67.9 Å². The minimum absolute atomic E-state index is 0.0928. The number of thiocarbonyl (C=S) groups is 1. The molecule has 2 nitrogen and oxygen atoms in total. The van der Waals surface area contributed by atoms with Crippen LogP contribution >= 0.6 is 55.8 Å². The molecule has 0 saturated carbocycles. The van der Waals surface area contributed by atoms with Gasteiger partial charge in [0.05, 0.1) is 10.6 Å². The second kappa shape index (κ2) is 6.66. The van der Waals surface area contributed by atoms with Crippen molar-refractivity contribution in [3.8, 4) is 0 Å². The zero-order valence-corrected chi connectivity index (χ0v) is 15.9. The minimum atomic E-state index is -0.0928. The Balaban J connectivity index is 1.95. The summed E-state index contributed by atoms with van der Waals surface area (Å²) < 4.78 is 2.39. The Kier molecular flexibility index (Phi) is 4.82. The first kappa shape index (κ1) is 15.9. The third-order valence-electron chi connectivity index (χ3n) is 3.05. The van der Waals surface area contributed by atoms with Gasteiger partial charge in [-0.05, 0) is 51.8 Å². The summed E-state index contributed by atoms with van der Waals surface area (Å²) in [7, 11) is 0. The molecule has 2 aromatic carbocycles. The summed E-state index contributed by atoms with van der Waals surface area (Å²) in [5, 5.41) is 0. The standard InChI is InChI=1S/C16H9Br2NOS2/c17-11-7-5-10(6-8-11)9-14-15(20)19(16(21)22-14)13-4-2-1-3-12(13)18/h1-9H/b14-9+. The number of rotatable bonds is 2. The van der Waals surface area contributed by atoms with E-state index in [1.165, 1.54) is 11.8 Å². The molecule has 0 aromatic heterocycles. The van der Waals surface area contributed by atoms with E-state index in [1.54, 1.807) is 4.90 Å². The monoisotopic (exact) mass is 453 g/mol. The Hall–Kier alpha value is -0.950. The van der Waals surface area contributed by atoms with Crippen molar-refractivity contribution in [1.82, 2.24) is 0 Å². The Labute approximate surface area is 154 Å². The molecule has 110 valence electrons. The molecule has 0 spiro atoms. The highest BCUT2D eigenvalue weighted by Crippen LogP contribution is 2.38. The van der Waals surface area contributed by atoms with Gasteiger partial charge in [-0.3, -0.25) is 9.69 Å². The first-order valence-electron chi connectivity index (χ1n) is 6.34. The van der Waals surface area contributed by atoms with Gasteiger partial charge in [0, 0.05) is 8.95 Å². The third kappa shape index (κ3) is 3.20. The number of hydrogen-bond acceptors (Lipinski definition) is 3. The summed E-state index contributed by atoms with van der Waals surface area (Å²) in [6, 6.07) is 15.4. The number of benzene rings is 2. The second-order valence-electron chi connectivity index (χ2n) is 4.52. The van der Waals surface area contributed by atoms with E-state index in [1.807, 2.05) is 54.6 Å². The lowest BCUT2D eigenvalue weighted by molar-refractivity contribution is -0.113. The number of para-hydroxylation sites is 1. The Bertz CT molecular complexity index is 787. The van der Waals surface area contributed by atoms with Gasteiger partial charge in [-0.2, -0.15) is 0 Å². The van der Waals surface area contributed by atoms with Gasteiger partial charge in [0.25, 0.3) is 5.91 Å². The van der Waals surface area contributed by atoms with E-state index in [0.717, 1.165) is 20.2 Å². The number of halogens is 2. The first-order valence-corrected chi connectivity index (χ1v) is 9.15. The first-order chi connectivity index (χ1) is 10.6. The molecule has 1 saturated heterocycles. The fourth-order valence-electron chi connectivity index (χ4n) is 2.02. The average Bonchev–Trinajstić information content (AvgIpc) is 2.77. The molecule has 1 heterocycles. The van der Waals surface area contributed by atoms with Crippen molar-refractivity contribution in [1.29, 1.82) is 0 Å². The Morgan fingerprint density at radius 2 is 1.73 bits per heavy atom. The van der Waals surface area contributed by atoms with E-state index in [2.05, 4.69) is 31.9 Å². The summed E-state index contributed by atoms with van der Waals surface area (Å²) >= 11 is 13.6. The predicted molar refractivity (Wildman–Crippen MR) is 104 cm³/mol. The molecule has 1 aliphatic rings. The highest BCUT2D eigenvalue weighted by Gasteiger charge is 2.34. The normalized spacial score (nSPS) is 16.6. The molecule has 22 heavy (non-hydrogen) atoms. The summed E-state index contributed by atoms with van der Waals surface area (Å²) in [6.07, 6.45) is 1.86. The molecule has 1 aliphatic heterocycles. The Morgan fingerprint density at radius 1 is 1.05 bits per heavy atom. The molecular formula is C16H9Br2NOS2.